The molecular formula is C12H18BrNO. The van der Waals surface area contributed by atoms with Crippen LogP contribution in [0.3, 0.4) is 0 Å². The monoisotopic (exact) mass is 271 g/mol. The molecule has 3 heteroatoms. The molecule has 0 aliphatic heterocycles. The van der Waals surface area contributed by atoms with Crippen LogP contribution in [0.15, 0.2) is 16.6 Å². The van der Waals surface area contributed by atoms with Crippen molar-refractivity contribution >= 4 is 15.9 Å². The maximum absolute atomic E-state index is 5.47. The van der Waals surface area contributed by atoms with Crippen molar-refractivity contribution in [3.05, 3.63) is 27.7 Å². The van der Waals surface area contributed by atoms with Crippen molar-refractivity contribution in [1.82, 2.24) is 0 Å². The number of hydrogen-bond acceptors (Lipinski definition) is 2. The second kappa shape index (κ2) is 6.13. The summed E-state index contributed by atoms with van der Waals surface area (Å²) in [6, 6.07) is 4.31. The molecule has 0 fully saturated rings. The largest absolute Gasteiger partial charge is 0.495 e. The van der Waals surface area contributed by atoms with Crippen LogP contribution >= 0.6 is 15.9 Å². The molecule has 0 atom stereocenters. The summed E-state index contributed by atoms with van der Waals surface area (Å²) < 4.78 is 6.32. The minimum Gasteiger partial charge on any atom is -0.495 e. The van der Waals surface area contributed by atoms with Crippen molar-refractivity contribution in [3.63, 3.8) is 0 Å². The SMILES string of the molecule is COc1c(C)cc(CCCCN)cc1Br. The van der Waals surface area contributed by atoms with E-state index in [-0.39, 0.29) is 0 Å². The molecule has 0 unspecified atom stereocenters. The zero-order chi connectivity index (χ0) is 11.3. The summed E-state index contributed by atoms with van der Waals surface area (Å²) in [6.45, 7) is 2.84. The van der Waals surface area contributed by atoms with Crippen molar-refractivity contribution < 1.29 is 4.74 Å². The molecule has 0 heterocycles. The molecule has 0 saturated heterocycles. The van der Waals surface area contributed by atoms with E-state index in [1.165, 1.54) is 11.1 Å². The Morgan fingerprint density at radius 2 is 2.07 bits per heavy atom. The highest BCUT2D eigenvalue weighted by atomic mass is 79.9. The van der Waals surface area contributed by atoms with E-state index in [1.54, 1.807) is 7.11 Å². The molecule has 0 aromatic heterocycles. The Balaban J connectivity index is 2.75. The Morgan fingerprint density at radius 3 is 2.60 bits per heavy atom. The van der Waals surface area contributed by atoms with Crippen LogP contribution in [0.4, 0.5) is 0 Å². The minimum atomic E-state index is 0.774. The number of hydrogen-bond donors (Lipinski definition) is 1. The van der Waals surface area contributed by atoms with Crippen LogP contribution < -0.4 is 10.5 Å². The Bertz CT molecular complexity index is 302. The van der Waals surface area contributed by atoms with Crippen LogP contribution in [0.2, 0.25) is 0 Å². The second-order valence-electron chi connectivity index (χ2n) is 3.67. The molecule has 15 heavy (non-hydrogen) atoms. The van der Waals surface area contributed by atoms with Gasteiger partial charge in [0.05, 0.1) is 11.6 Å². The average molecular weight is 272 g/mol. The molecule has 0 radical (unpaired) electrons. The van der Waals surface area contributed by atoms with E-state index in [0.29, 0.717) is 0 Å². The highest BCUT2D eigenvalue weighted by molar-refractivity contribution is 9.10. The maximum atomic E-state index is 5.47. The van der Waals surface area contributed by atoms with Gasteiger partial charge in [-0.2, -0.15) is 0 Å². The molecule has 0 bridgehead atoms. The second-order valence-corrected chi connectivity index (χ2v) is 4.53. The molecule has 1 aromatic rings. The Kier molecular flexibility index (Phi) is 5.12. The first kappa shape index (κ1) is 12.5. The zero-order valence-corrected chi connectivity index (χ0v) is 10.9. The Labute approximate surface area is 99.9 Å². The lowest BCUT2D eigenvalue weighted by Crippen LogP contribution is -1.99. The van der Waals surface area contributed by atoms with Gasteiger partial charge < -0.3 is 10.5 Å². The summed E-state index contributed by atoms with van der Waals surface area (Å²) in [5.74, 6) is 0.928. The van der Waals surface area contributed by atoms with Crippen molar-refractivity contribution in [3.8, 4) is 5.75 Å². The molecule has 1 aromatic carbocycles. The predicted molar refractivity (Wildman–Crippen MR) is 67.4 cm³/mol. The van der Waals surface area contributed by atoms with Crippen molar-refractivity contribution in [2.45, 2.75) is 26.2 Å². The first-order valence-corrected chi connectivity index (χ1v) is 6.01. The van der Waals surface area contributed by atoms with E-state index in [4.69, 9.17) is 10.5 Å². The van der Waals surface area contributed by atoms with Crippen LogP contribution in [0.25, 0.3) is 0 Å². The van der Waals surface area contributed by atoms with Crippen molar-refractivity contribution in [2.75, 3.05) is 13.7 Å². The van der Waals surface area contributed by atoms with E-state index >= 15 is 0 Å². The Morgan fingerprint density at radius 1 is 1.33 bits per heavy atom. The van der Waals surface area contributed by atoms with Crippen LogP contribution in [-0.2, 0) is 6.42 Å². The fourth-order valence-corrected chi connectivity index (χ4v) is 2.45. The molecule has 2 nitrogen and oxygen atoms in total. The average Bonchev–Trinajstić information content (AvgIpc) is 2.18. The van der Waals surface area contributed by atoms with Crippen LogP contribution in [0, 0.1) is 6.92 Å². The van der Waals surface area contributed by atoms with Gasteiger partial charge in [0, 0.05) is 0 Å². The summed E-state index contributed by atoms with van der Waals surface area (Å²) in [5, 5.41) is 0. The summed E-state index contributed by atoms with van der Waals surface area (Å²) in [7, 11) is 1.70. The van der Waals surface area contributed by atoms with Gasteiger partial charge in [-0.15, -0.1) is 0 Å². The minimum absolute atomic E-state index is 0.774. The van der Waals surface area contributed by atoms with Gasteiger partial charge in [-0.3, -0.25) is 0 Å². The number of unbranched alkanes of at least 4 members (excludes halogenated alkanes) is 1. The first-order chi connectivity index (χ1) is 7.19. The zero-order valence-electron chi connectivity index (χ0n) is 9.35. The van der Waals surface area contributed by atoms with E-state index in [9.17, 15) is 0 Å². The summed E-state index contributed by atoms with van der Waals surface area (Å²) in [5.41, 5.74) is 7.99. The van der Waals surface area contributed by atoms with Crippen molar-refractivity contribution in [2.24, 2.45) is 5.73 Å². The number of rotatable bonds is 5. The molecular weight excluding hydrogens is 254 g/mol. The van der Waals surface area contributed by atoms with Gasteiger partial charge in [-0.1, -0.05) is 6.07 Å². The lowest BCUT2D eigenvalue weighted by Gasteiger charge is -2.10. The number of benzene rings is 1. The predicted octanol–water partition coefficient (Wildman–Crippen LogP) is 3.05. The maximum Gasteiger partial charge on any atom is 0.135 e. The van der Waals surface area contributed by atoms with Gasteiger partial charge in [-0.25, -0.2) is 0 Å². The molecule has 1 rings (SSSR count). The van der Waals surface area contributed by atoms with E-state index in [1.807, 2.05) is 0 Å². The number of methoxy groups -OCH3 is 1. The molecule has 0 amide bonds. The number of ether oxygens (including phenoxy) is 1. The fraction of sp³-hybridized carbons (Fsp3) is 0.500. The highest BCUT2D eigenvalue weighted by Gasteiger charge is 2.05. The van der Waals surface area contributed by atoms with Crippen LogP contribution in [0.5, 0.6) is 5.75 Å². The summed E-state index contributed by atoms with van der Waals surface area (Å²) in [4.78, 5) is 0. The smallest absolute Gasteiger partial charge is 0.135 e. The molecule has 84 valence electrons. The van der Waals surface area contributed by atoms with Crippen LogP contribution in [0.1, 0.15) is 24.0 Å². The van der Waals surface area contributed by atoms with E-state index < -0.39 is 0 Å². The Hall–Kier alpha value is -0.540. The molecule has 0 aliphatic rings. The standard InChI is InChI=1S/C12H18BrNO/c1-9-7-10(5-3-4-6-14)8-11(13)12(9)15-2/h7-8H,3-6,14H2,1-2H3. The normalized spacial score (nSPS) is 10.4. The summed E-state index contributed by atoms with van der Waals surface area (Å²) >= 11 is 3.52. The lowest BCUT2D eigenvalue weighted by molar-refractivity contribution is 0.409. The third kappa shape index (κ3) is 3.50. The highest BCUT2D eigenvalue weighted by Crippen LogP contribution is 2.30. The van der Waals surface area contributed by atoms with Crippen LogP contribution in [-0.4, -0.2) is 13.7 Å². The molecule has 0 saturated carbocycles. The van der Waals surface area contributed by atoms with Gasteiger partial charge in [0.15, 0.2) is 0 Å². The topological polar surface area (TPSA) is 35.2 Å². The fourth-order valence-electron chi connectivity index (χ4n) is 1.68. The number of nitrogens with two attached hydrogens (primary N) is 1. The van der Waals surface area contributed by atoms with E-state index in [0.717, 1.165) is 36.0 Å². The molecule has 0 spiro atoms. The molecule has 2 N–H and O–H groups in total. The third-order valence-corrected chi connectivity index (χ3v) is 3.00. The quantitative estimate of drug-likeness (QED) is 0.836. The number of aryl methyl sites for hydroxylation is 2. The van der Waals surface area contributed by atoms with Gasteiger partial charge in [0.1, 0.15) is 5.75 Å². The molecule has 0 aliphatic carbocycles. The first-order valence-electron chi connectivity index (χ1n) is 5.22. The number of halogens is 1. The van der Waals surface area contributed by atoms with Gasteiger partial charge in [-0.05, 0) is 65.9 Å². The summed E-state index contributed by atoms with van der Waals surface area (Å²) in [6.07, 6.45) is 3.32. The van der Waals surface area contributed by atoms with Gasteiger partial charge in [0.25, 0.3) is 0 Å². The lowest BCUT2D eigenvalue weighted by atomic mass is 10.1. The van der Waals surface area contributed by atoms with Gasteiger partial charge >= 0.3 is 0 Å². The van der Waals surface area contributed by atoms with E-state index in [2.05, 4.69) is 35.0 Å². The van der Waals surface area contributed by atoms with Crippen molar-refractivity contribution in [1.29, 1.82) is 0 Å². The third-order valence-electron chi connectivity index (χ3n) is 2.41. The van der Waals surface area contributed by atoms with Gasteiger partial charge in [0.2, 0.25) is 0 Å².